The first-order chi connectivity index (χ1) is 49.6. The molecule has 0 radical (unpaired) electrons. The van der Waals surface area contributed by atoms with Crippen molar-refractivity contribution in [3.8, 4) is 0 Å². The van der Waals surface area contributed by atoms with Gasteiger partial charge >= 0.3 is 17.9 Å². The summed E-state index contributed by atoms with van der Waals surface area (Å²) in [6.07, 6.45) is 116. The lowest BCUT2D eigenvalue weighted by molar-refractivity contribution is -0.870. The Kier molecular flexibility index (Phi) is 77.0. The van der Waals surface area contributed by atoms with E-state index in [1.165, 1.54) is 212 Å². The Bertz CT molecular complexity index is 2180. The van der Waals surface area contributed by atoms with E-state index in [1.54, 1.807) is 0 Å². The van der Waals surface area contributed by atoms with Crippen molar-refractivity contribution in [2.75, 3.05) is 47.5 Å². The number of carboxylic acids is 1. The van der Waals surface area contributed by atoms with Crippen molar-refractivity contribution >= 4 is 17.9 Å². The zero-order valence-electron chi connectivity index (χ0n) is 66.3. The van der Waals surface area contributed by atoms with Crippen LogP contribution in [0, 0.1) is 0 Å². The quantitative estimate of drug-likeness (QED) is 0.0211. The Labute approximate surface area is 623 Å². The molecule has 2 atom stereocenters. The number of rotatable bonds is 77. The van der Waals surface area contributed by atoms with Gasteiger partial charge in [-0.25, -0.2) is 4.79 Å². The Morgan fingerprint density at radius 3 is 0.842 bits per heavy atom. The number of unbranched alkanes of at least 4 members (excludes halogenated alkanes) is 38. The fourth-order valence-corrected chi connectivity index (χ4v) is 11.7. The van der Waals surface area contributed by atoms with Crippen LogP contribution in [0.3, 0.4) is 0 Å². The normalized spacial score (nSPS) is 13.4. The average molecular weight is 1410 g/mol. The zero-order valence-corrected chi connectivity index (χ0v) is 66.3. The number of carbonyl (C=O) groups is 3. The van der Waals surface area contributed by atoms with E-state index in [2.05, 4.69) is 160 Å². The molecule has 0 saturated carbocycles. The lowest BCUT2D eigenvalue weighted by Gasteiger charge is -2.25. The monoisotopic (exact) mass is 1410 g/mol. The van der Waals surface area contributed by atoms with Gasteiger partial charge in [-0.1, -0.05) is 372 Å². The molecule has 578 valence electrons. The topological polar surface area (TPSA) is 108 Å². The molecule has 0 aliphatic carbocycles. The molecular weight excluding hydrogens is 1250 g/mol. The molecule has 0 spiro atoms. The lowest BCUT2D eigenvalue weighted by atomic mass is 10.0. The van der Waals surface area contributed by atoms with E-state index in [9.17, 15) is 19.5 Å². The summed E-state index contributed by atoms with van der Waals surface area (Å²) in [5.74, 6) is -2.04. The fourth-order valence-electron chi connectivity index (χ4n) is 11.7. The van der Waals surface area contributed by atoms with Gasteiger partial charge in [-0.05, 0) is 122 Å². The van der Waals surface area contributed by atoms with Gasteiger partial charge in [-0.2, -0.15) is 0 Å². The summed E-state index contributed by atoms with van der Waals surface area (Å²) in [5.41, 5.74) is 0. The zero-order chi connectivity index (χ0) is 73.2. The molecule has 9 heteroatoms. The molecule has 0 aliphatic rings. The molecule has 0 aliphatic heterocycles. The van der Waals surface area contributed by atoms with Gasteiger partial charge in [0.15, 0.2) is 6.10 Å². The molecular formula is C92H158NO8+. The van der Waals surface area contributed by atoms with Gasteiger partial charge in [-0.3, -0.25) is 9.59 Å². The van der Waals surface area contributed by atoms with Crippen LogP contribution in [0.25, 0.3) is 0 Å². The van der Waals surface area contributed by atoms with E-state index in [0.717, 1.165) is 116 Å². The highest BCUT2D eigenvalue weighted by Gasteiger charge is 2.25. The molecule has 2 unspecified atom stereocenters. The van der Waals surface area contributed by atoms with E-state index >= 15 is 0 Å². The van der Waals surface area contributed by atoms with Crippen LogP contribution in [-0.2, 0) is 33.3 Å². The summed E-state index contributed by atoms with van der Waals surface area (Å²) in [6, 6.07) is 0. The van der Waals surface area contributed by atoms with Crippen molar-refractivity contribution < 1.29 is 42.9 Å². The Hall–Kier alpha value is -4.83. The molecule has 0 aromatic rings. The van der Waals surface area contributed by atoms with Gasteiger partial charge in [0.05, 0.1) is 34.4 Å². The lowest BCUT2D eigenvalue weighted by Crippen LogP contribution is -2.40. The van der Waals surface area contributed by atoms with E-state index in [1.807, 2.05) is 21.1 Å². The summed E-state index contributed by atoms with van der Waals surface area (Å²) in [5, 5.41) is 9.78. The highest BCUT2D eigenvalue weighted by atomic mass is 16.7. The minimum absolute atomic E-state index is 0.177. The summed E-state index contributed by atoms with van der Waals surface area (Å²) in [6.45, 7) is 4.75. The van der Waals surface area contributed by atoms with Gasteiger partial charge in [-0.15, -0.1) is 0 Å². The van der Waals surface area contributed by atoms with Gasteiger partial charge in [0.1, 0.15) is 13.2 Å². The van der Waals surface area contributed by atoms with Gasteiger partial charge in [0, 0.05) is 12.8 Å². The van der Waals surface area contributed by atoms with Crippen molar-refractivity contribution in [3.05, 3.63) is 146 Å². The third kappa shape index (κ3) is 82.3. The predicted octanol–water partition coefficient (Wildman–Crippen LogP) is 27.4. The van der Waals surface area contributed by atoms with Crippen LogP contribution in [-0.4, -0.2) is 87.4 Å². The third-order valence-electron chi connectivity index (χ3n) is 18.1. The molecule has 0 amide bonds. The van der Waals surface area contributed by atoms with Crippen LogP contribution in [0.5, 0.6) is 0 Å². The number of quaternary nitrogens is 1. The second kappa shape index (κ2) is 80.8. The van der Waals surface area contributed by atoms with Crippen molar-refractivity contribution in [3.63, 3.8) is 0 Å². The molecule has 9 nitrogen and oxygen atoms in total. The number of esters is 2. The highest BCUT2D eigenvalue weighted by Crippen LogP contribution is 2.19. The average Bonchev–Trinajstić information content (AvgIpc) is 1.25. The van der Waals surface area contributed by atoms with Gasteiger partial charge in [0.2, 0.25) is 0 Å². The van der Waals surface area contributed by atoms with Crippen molar-refractivity contribution in [1.29, 1.82) is 0 Å². The first kappa shape index (κ1) is 96.2. The number of hydrogen-bond donors (Lipinski definition) is 1. The Balaban J connectivity index is 4.05. The van der Waals surface area contributed by atoms with E-state index < -0.39 is 24.3 Å². The number of ether oxygens (including phenoxy) is 4. The molecule has 0 aromatic heterocycles. The van der Waals surface area contributed by atoms with Crippen molar-refractivity contribution in [1.82, 2.24) is 0 Å². The van der Waals surface area contributed by atoms with Crippen molar-refractivity contribution in [2.45, 2.75) is 373 Å². The second-order valence-corrected chi connectivity index (χ2v) is 29.1. The van der Waals surface area contributed by atoms with Crippen LogP contribution in [0.15, 0.2) is 146 Å². The van der Waals surface area contributed by atoms with Crippen LogP contribution in [0.1, 0.15) is 361 Å². The number of hydrogen-bond acceptors (Lipinski definition) is 7. The molecule has 1 N–H and O–H groups in total. The first-order valence-electron chi connectivity index (χ1n) is 42.0. The number of nitrogens with zero attached hydrogens (tertiary/aromatic N) is 1. The number of allylic oxidation sites excluding steroid dienone is 24. The van der Waals surface area contributed by atoms with Crippen LogP contribution in [0.4, 0.5) is 0 Å². The SMILES string of the molecule is CC/C=C\C/C=C\C/C=C\C/C=C\C/C=C\C/C=C\C/C=C\C/C=C\C/C=C\C/C=C\CCCCCCC(=O)OC(COC(=O)CCCCCCCCCCCCCCCCCCCCCCCCCCCCCCC/C=C\C/C=C\CCCCCCC)COC(OCC[N+](C)(C)C)C(=O)O. The largest absolute Gasteiger partial charge is 0.477 e. The van der Waals surface area contributed by atoms with E-state index in [4.69, 9.17) is 18.9 Å². The minimum Gasteiger partial charge on any atom is -0.477 e. The maximum absolute atomic E-state index is 13.0. The minimum atomic E-state index is -1.53. The standard InChI is InChI=1S/C92H157NO8/c1-6-8-10-12-14-16-18-20-22-24-26-28-30-32-34-36-38-40-42-43-44-45-46-47-49-50-52-54-56-58-60-62-64-66-68-70-72-74-76-78-80-82-89(94)99-86-88(87-100-92(91(96)97)98-85-84-93(3,4)5)101-90(95)83-81-79-77-75-73-71-69-67-65-63-61-59-57-55-53-51-48-41-39-37-35-33-31-29-27-25-23-21-19-17-15-13-11-9-7-2/h9,11,15,17-18,20-21,23-24,26-27,29,33,35,39,41,51,53,57,59,63,65,69,71,88,92H,6-8,10,12-14,16,19,22,25,28,30-32,34,36-38,40,42-50,52,54-56,58,60-62,64,66-68,70,72-87H2,1-5H3/p+1/b11-9-,17-15-,20-18-,23-21-,26-24-,29-27-,35-33-,41-39-,53-51-,59-57-,65-63-,71-69-. The maximum atomic E-state index is 13.0. The fraction of sp³-hybridized carbons (Fsp3) is 0.707. The molecule has 0 rings (SSSR count). The van der Waals surface area contributed by atoms with E-state index in [0.29, 0.717) is 23.9 Å². The summed E-state index contributed by atoms with van der Waals surface area (Å²) in [7, 11) is 5.97. The smallest absolute Gasteiger partial charge is 0.361 e. The Morgan fingerprint density at radius 1 is 0.307 bits per heavy atom. The first-order valence-corrected chi connectivity index (χ1v) is 42.0. The second-order valence-electron chi connectivity index (χ2n) is 29.1. The molecule has 0 bridgehead atoms. The highest BCUT2D eigenvalue weighted by molar-refractivity contribution is 5.71. The summed E-state index contributed by atoms with van der Waals surface area (Å²) < 4.78 is 23.0. The van der Waals surface area contributed by atoms with Crippen LogP contribution in [0.2, 0.25) is 0 Å². The van der Waals surface area contributed by atoms with E-state index in [-0.39, 0.29) is 32.2 Å². The number of aliphatic carboxylic acids is 1. The number of likely N-dealkylation sites (N-methyl/N-ethyl adjacent to an activating group) is 1. The predicted molar refractivity (Wildman–Crippen MR) is 437 cm³/mol. The van der Waals surface area contributed by atoms with Gasteiger partial charge in [0.25, 0.3) is 6.29 Å². The molecule has 101 heavy (non-hydrogen) atoms. The summed E-state index contributed by atoms with van der Waals surface area (Å²) >= 11 is 0. The number of carbonyl (C=O) groups excluding carboxylic acids is 2. The number of carboxylic acid groups (broad SMARTS) is 1. The van der Waals surface area contributed by atoms with Crippen LogP contribution >= 0.6 is 0 Å². The molecule has 0 fully saturated rings. The maximum Gasteiger partial charge on any atom is 0.361 e. The molecule has 0 saturated heterocycles. The van der Waals surface area contributed by atoms with Crippen LogP contribution < -0.4 is 0 Å². The third-order valence-corrected chi connectivity index (χ3v) is 18.1. The molecule has 0 heterocycles. The summed E-state index contributed by atoms with van der Waals surface area (Å²) in [4.78, 5) is 37.8. The molecule has 0 aromatic carbocycles. The van der Waals surface area contributed by atoms with Gasteiger partial charge < -0.3 is 28.5 Å². The van der Waals surface area contributed by atoms with Crippen molar-refractivity contribution in [2.24, 2.45) is 0 Å². The Morgan fingerprint density at radius 2 is 0.564 bits per heavy atom.